The predicted molar refractivity (Wildman–Crippen MR) is 72.2 cm³/mol. The second-order valence-corrected chi connectivity index (χ2v) is 7.08. The van der Waals surface area contributed by atoms with Crippen molar-refractivity contribution in [1.82, 2.24) is 19.9 Å². The van der Waals surface area contributed by atoms with Crippen LogP contribution in [0.25, 0.3) is 0 Å². The molecule has 1 atom stereocenters. The summed E-state index contributed by atoms with van der Waals surface area (Å²) in [6.07, 6.45) is 2.02. The van der Waals surface area contributed by atoms with Crippen molar-refractivity contribution in [1.29, 1.82) is 0 Å². The van der Waals surface area contributed by atoms with Crippen molar-refractivity contribution in [2.24, 2.45) is 5.73 Å². The molecule has 4 N–H and O–H groups in total. The van der Waals surface area contributed by atoms with Crippen molar-refractivity contribution in [3.63, 3.8) is 0 Å². The van der Waals surface area contributed by atoms with Gasteiger partial charge in [0.1, 0.15) is 16.4 Å². The Bertz CT molecular complexity index is 620. The smallest absolute Gasteiger partial charge is 0.250 e. The molecule has 104 valence electrons. The van der Waals surface area contributed by atoms with E-state index in [1.165, 1.54) is 17.7 Å². The Morgan fingerprint density at radius 1 is 1.53 bits per heavy atom. The van der Waals surface area contributed by atoms with Gasteiger partial charge in [-0.2, -0.15) is 5.10 Å². The lowest BCUT2D eigenvalue weighted by atomic mass is 10.3. The van der Waals surface area contributed by atoms with E-state index in [4.69, 9.17) is 5.73 Å². The molecule has 0 saturated carbocycles. The molecule has 0 spiro atoms. The first kappa shape index (κ1) is 14.1. The molecule has 0 aliphatic carbocycles. The van der Waals surface area contributed by atoms with Crippen LogP contribution in [-0.2, 0) is 16.4 Å². The number of rotatable bonds is 6. The molecule has 0 saturated heterocycles. The molecule has 7 nitrogen and oxygen atoms in total. The molecule has 0 bridgehead atoms. The Kier molecular flexibility index (Phi) is 4.30. The van der Waals surface area contributed by atoms with E-state index in [2.05, 4.69) is 19.9 Å². The number of H-pyrrole nitrogens is 1. The van der Waals surface area contributed by atoms with Crippen molar-refractivity contribution < 1.29 is 8.42 Å². The first-order valence-corrected chi connectivity index (χ1v) is 7.99. The highest BCUT2D eigenvalue weighted by Crippen LogP contribution is 2.23. The minimum Gasteiger partial charge on any atom is -0.330 e. The maximum Gasteiger partial charge on any atom is 0.250 e. The van der Waals surface area contributed by atoms with Crippen LogP contribution >= 0.6 is 11.3 Å². The Hall–Kier alpha value is -1.29. The summed E-state index contributed by atoms with van der Waals surface area (Å²) in [4.78, 5) is 4.88. The zero-order valence-corrected chi connectivity index (χ0v) is 12.0. The molecule has 0 fully saturated rings. The molecule has 2 heterocycles. The van der Waals surface area contributed by atoms with E-state index < -0.39 is 16.1 Å². The highest BCUT2D eigenvalue weighted by atomic mass is 32.2. The van der Waals surface area contributed by atoms with E-state index in [9.17, 15) is 8.42 Å². The van der Waals surface area contributed by atoms with Gasteiger partial charge in [-0.15, -0.1) is 11.3 Å². The lowest BCUT2D eigenvalue weighted by molar-refractivity contribution is 0.562. The van der Waals surface area contributed by atoms with Crippen LogP contribution in [0.3, 0.4) is 0 Å². The molecule has 0 radical (unpaired) electrons. The van der Waals surface area contributed by atoms with E-state index in [1.807, 2.05) is 0 Å². The van der Waals surface area contributed by atoms with E-state index >= 15 is 0 Å². The van der Waals surface area contributed by atoms with Crippen molar-refractivity contribution >= 4 is 21.4 Å². The fourth-order valence-corrected chi connectivity index (χ4v) is 4.14. The molecular formula is C10H15N5O2S2. The van der Waals surface area contributed by atoms with Gasteiger partial charge in [-0.25, -0.2) is 18.1 Å². The van der Waals surface area contributed by atoms with Gasteiger partial charge in [-0.1, -0.05) is 0 Å². The van der Waals surface area contributed by atoms with Crippen LogP contribution < -0.4 is 10.5 Å². The Labute approximate surface area is 115 Å². The third kappa shape index (κ3) is 3.38. The lowest BCUT2D eigenvalue weighted by Gasteiger charge is -2.10. The average Bonchev–Trinajstić information content (AvgIpc) is 2.99. The molecule has 0 amide bonds. The zero-order valence-electron chi connectivity index (χ0n) is 10.3. The van der Waals surface area contributed by atoms with Gasteiger partial charge >= 0.3 is 0 Å². The van der Waals surface area contributed by atoms with Crippen LogP contribution in [-0.4, -0.2) is 30.1 Å². The zero-order chi connectivity index (χ0) is 13.9. The van der Waals surface area contributed by atoms with Crippen molar-refractivity contribution in [3.8, 4) is 0 Å². The van der Waals surface area contributed by atoms with Gasteiger partial charge in [0.15, 0.2) is 0 Å². The predicted octanol–water partition coefficient (Wildman–Crippen LogP) is 0.407. The summed E-state index contributed by atoms with van der Waals surface area (Å²) in [5.74, 6) is 0.474. The Morgan fingerprint density at radius 3 is 2.95 bits per heavy atom. The topological polar surface area (TPSA) is 114 Å². The average molecular weight is 301 g/mol. The summed E-state index contributed by atoms with van der Waals surface area (Å²) >= 11 is 1.23. The fourth-order valence-electron chi connectivity index (χ4n) is 1.55. The monoisotopic (exact) mass is 301 g/mol. The van der Waals surface area contributed by atoms with Gasteiger partial charge in [0.2, 0.25) is 0 Å². The third-order valence-corrected chi connectivity index (χ3v) is 5.65. The van der Waals surface area contributed by atoms with Crippen LogP contribution in [0.4, 0.5) is 0 Å². The molecule has 9 heteroatoms. The number of aromatic amines is 1. The summed E-state index contributed by atoms with van der Waals surface area (Å²) in [5, 5.41) is 6.33. The number of nitrogens with one attached hydrogen (secondary N) is 2. The first-order chi connectivity index (χ1) is 9.03. The van der Waals surface area contributed by atoms with Crippen molar-refractivity contribution in [2.75, 3.05) is 6.54 Å². The lowest BCUT2D eigenvalue weighted by Crippen LogP contribution is -2.27. The number of hydrogen-bond acceptors (Lipinski definition) is 6. The van der Waals surface area contributed by atoms with E-state index in [-0.39, 0.29) is 4.21 Å². The minimum absolute atomic E-state index is 0.280. The van der Waals surface area contributed by atoms with Crippen LogP contribution in [0, 0.1) is 0 Å². The van der Waals surface area contributed by atoms with Gasteiger partial charge in [0, 0.05) is 4.88 Å². The highest BCUT2D eigenvalue weighted by Gasteiger charge is 2.21. The molecule has 19 heavy (non-hydrogen) atoms. The minimum atomic E-state index is -3.54. The molecule has 2 aromatic heterocycles. The maximum atomic E-state index is 12.2. The number of sulfonamides is 1. The standard InChI is InChI=1S/C10H15N5O2S2/c1-7(10-12-6-13-14-10)15-19(16,17)9-3-2-8(18-9)4-5-11/h2-3,6-7,15H,4-5,11H2,1H3,(H,12,13,14). The molecule has 2 aromatic rings. The van der Waals surface area contributed by atoms with Crippen molar-refractivity contribution in [2.45, 2.75) is 23.6 Å². The van der Waals surface area contributed by atoms with Crippen LogP contribution in [0.1, 0.15) is 23.7 Å². The number of nitrogens with two attached hydrogens (primary N) is 1. The van der Waals surface area contributed by atoms with Crippen LogP contribution in [0.5, 0.6) is 0 Å². The molecule has 1 unspecified atom stereocenters. The summed E-state index contributed by atoms with van der Waals surface area (Å²) in [7, 11) is -3.54. The maximum absolute atomic E-state index is 12.2. The molecule has 0 aliphatic heterocycles. The van der Waals surface area contributed by atoms with Gasteiger partial charge in [0.05, 0.1) is 6.04 Å². The molecule has 0 aliphatic rings. The second-order valence-electron chi connectivity index (χ2n) is 3.97. The van der Waals surface area contributed by atoms with Gasteiger partial charge in [-0.05, 0) is 32.0 Å². The summed E-state index contributed by atoms with van der Waals surface area (Å²) < 4.78 is 27.2. The van der Waals surface area contributed by atoms with Crippen molar-refractivity contribution in [3.05, 3.63) is 29.2 Å². The first-order valence-electron chi connectivity index (χ1n) is 5.69. The molecular weight excluding hydrogens is 286 g/mol. The van der Waals surface area contributed by atoms with E-state index in [1.54, 1.807) is 19.1 Å². The quantitative estimate of drug-likeness (QED) is 0.715. The largest absolute Gasteiger partial charge is 0.330 e. The van der Waals surface area contributed by atoms with E-state index in [0.29, 0.717) is 18.8 Å². The molecule has 0 aromatic carbocycles. The normalized spacial score (nSPS) is 13.6. The fraction of sp³-hybridized carbons (Fsp3) is 0.400. The Balaban J connectivity index is 2.13. The van der Waals surface area contributed by atoms with Gasteiger partial charge in [-0.3, -0.25) is 5.10 Å². The summed E-state index contributed by atoms with van der Waals surface area (Å²) in [5.41, 5.74) is 5.45. The summed E-state index contributed by atoms with van der Waals surface area (Å²) in [6, 6.07) is 2.91. The van der Waals surface area contributed by atoms with Crippen LogP contribution in [0.2, 0.25) is 0 Å². The van der Waals surface area contributed by atoms with E-state index in [0.717, 1.165) is 4.88 Å². The van der Waals surface area contributed by atoms with Crippen LogP contribution in [0.15, 0.2) is 22.7 Å². The molecule has 2 rings (SSSR count). The number of nitrogens with zero attached hydrogens (tertiary/aromatic N) is 2. The number of thiophene rings is 1. The second kappa shape index (κ2) is 5.78. The SMILES string of the molecule is CC(NS(=O)(=O)c1ccc(CCN)s1)c1ncn[nH]1. The van der Waals surface area contributed by atoms with Gasteiger partial charge in [0.25, 0.3) is 10.0 Å². The van der Waals surface area contributed by atoms with Gasteiger partial charge < -0.3 is 5.73 Å². The summed E-state index contributed by atoms with van der Waals surface area (Å²) in [6.45, 7) is 2.20. The highest BCUT2D eigenvalue weighted by molar-refractivity contribution is 7.91. The number of hydrogen-bond donors (Lipinski definition) is 3. The number of aromatic nitrogens is 3. The Morgan fingerprint density at radius 2 is 2.32 bits per heavy atom. The third-order valence-electron chi connectivity index (χ3n) is 2.47.